The molecule has 0 radical (unpaired) electrons. The van der Waals surface area contributed by atoms with Crippen LogP contribution in [0.2, 0.25) is 0 Å². The third-order valence-corrected chi connectivity index (χ3v) is 2.82. The van der Waals surface area contributed by atoms with Crippen LogP contribution in [0.4, 0.5) is 0 Å². The highest BCUT2D eigenvalue weighted by atomic mass is 16.5. The van der Waals surface area contributed by atoms with E-state index in [1.54, 1.807) is 0 Å². The Kier molecular flexibility index (Phi) is 3.46. The summed E-state index contributed by atoms with van der Waals surface area (Å²) in [6.45, 7) is 1.37. The molecule has 0 aliphatic heterocycles. The van der Waals surface area contributed by atoms with Crippen molar-refractivity contribution in [2.75, 3.05) is 7.11 Å². The molecule has 3 N–H and O–H groups in total. The van der Waals surface area contributed by atoms with Crippen molar-refractivity contribution in [2.45, 2.75) is 19.1 Å². The fourth-order valence-electron chi connectivity index (χ4n) is 1.80. The van der Waals surface area contributed by atoms with Crippen molar-refractivity contribution in [3.63, 3.8) is 0 Å². The highest BCUT2D eigenvalue weighted by molar-refractivity contribution is 5.88. The molecule has 2 rings (SSSR count). The highest BCUT2D eigenvalue weighted by Crippen LogP contribution is 2.29. The van der Waals surface area contributed by atoms with Crippen LogP contribution in [0.25, 0.3) is 10.8 Å². The number of ether oxygens (including phenoxy) is 1. The molecular formula is C13H14O6. The fourth-order valence-corrected chi connectivity index (χ4v) is 1.80. The van der Waals surface area contributed by atoms with Gasteiger partial charge in [0.15, 0.2) is 0 Å². The topological polar surface area (TPSA) is 100 Å². The van der Waals surface area contributed by atoms with E-state index in [9.17, 15) is 20.1 Å². The molecule has 6 nitrogen and oxygen atoms in total. The zero-order valence-electron chi connectivity index (χ0n) is 10.5. The molecule has 102 valence electrons. The number of aliphatic hydroxyl groups excluding tert-OH is 2. The molecule has 1 heterocycles. The van der Waals surface area contributed by atoms with Crippen molar-refractivity contribution < 1.29 is 24.5 Å². The zero-order chi connectivity index (χ0) is 14.2. The van der Waals surface area contributed by atoms with Crippen molar-refractivity contribution in [1.82, 2.24) is 0 Å². The Morgan fingerprint density at radius 3 is 2.53 bits per heavy atom. The van der Waals surface area contributed by atoms with Crippen LogP contribution in [0.1, 0.15) is 18.8 Å². The summed E-state index contributed by atoms with van der Waals surface area (Å²) < 4.78 is 9.89. The average molecular weight is 266 g/mol. The number of fused-ring (bicyclic) bond motifs is 1. The number of phenolic OH excluding ortho intramolecular Hbond substituents is 1. The first kappa shape index (κ1) is 13.4. The molecular weight excluding hydrogens is 252 g/mol. The SMILES string of the molecule is COc1cc(O)c2c(=O)oc([C@@H](O)[C@H](C)O)cc2c1. The van der Waals surface area contributed by atoms with Gasteiger partial charge in [-0.05, 0) is 24.4 Å². The molecule has 0 saturated heterocycles. The maximum atomic E-state index is 11.8. The first-order valence-corrected chi connectivity index (χ1v) is 5.65. The van der Waals surface area contributed by atoms with Gasteiger partial charge in [-0.15, -0.1) is 0 Å². The van der Waals surface area contributed by atoms with Crippen LogP contribution in [-0.2, 0) is 0 Å². The third kappa shape index (κ3) is 2.40. The first-order valence-electron chi connectivity index (χ1n) is 5.65. The zero-order valence-corrected chi connectivity index (χ0v) is 10.5. The number of aliphatic hydroxyl groups is 2. The average Bonchev–Trinajstić information content (AvgIpc) is 2.36. The summed E-state index contributed by atoms with van der Waals surface area (Å²) in [5, 5.41) is 29.1. The Bertz CT molecular complexity index is 658. The van der Waals surface area contributed by atoms with Gasteiger partial charge in [-0.3, -0.25) is 0 Å². The van der Waals surface area contributed by atoms with Crippen LogP contribution >= 0.6 is 0 Å². The van der Waals surface area contributed by atoms with Gasteiger partial charge in [0.2, 0.25) is 0 Å². The van der Waals surface area contributed by atoms with Gasteiger partial charge in [-0.1, -0.05) is 0 Å². The van der Waals surface area contributed by atoms with Crippen LogP contribution < -0.4 is 10.4 Å². The van der Waals surface area contributed by atoms with E-state index in [4.69, 9.17) is 9.15 Å². The Hall–Kier alpha value is -2.05. The number of rotatable bonds is 3. The molecule has 0 aliphatic carbocycles. The highest BCUT2D eigenvalue weighted by Gasteiger charge is 2.19. The molecule has 2 atom stereocenters. The van der Waals surface area contributed by atoms with E-state index in [0.29, 0.717) is 11.1 Å². The van der Waals surface area contributed by atoms with Gasteiger partial charge in [-0.2, -0.15) is 0 Å². The van der Waals surface area contributed by atoms with E-state index in [2.05, 4.69) is 0 Å². The molecule has 2 aromatic rings. The van der Waals surface area contributed by atoms with E-state index >= 15 is 0 Å². The Morgan fingerprint density at radius 2 is 1.95 bits per heavy atom. The van der Waals surface area contributed by atoms with Crippen molar-refractivity contribution in [3.05, 3.63) is 34.4 Å². The largest absolute Gasteiger partial charge is 0.507 e. The van der Waals surface area contributed by atoms with E-state index in [1.807, 2.05) is 0 Å². The minimum atomic E-state index is -1.31. The lowest BCUT2D eigenvalue weighted by Gasteiger charge is -2.13. The first-order chi connectivity index (χ1) is 8.93. The van der Waals surface area contributed by atoms with Gasteiger partial charge in [0, 0.05) is 6.07 Å². The van der Waals surface area contributed by atoms with Crippen LogP contribution in [0.5, 0.6) is 11.5 Å². The van der Waals surface area contributed by atoms with Crippen LogP contribution in [0.3, 0.4) is 0 Å². The minimum Gasteiger partial charge on any atom is -0.507 e. The molecule has 0 unspecified atom stereocenters. The third-order valence-electron chi connectivity index (χ3n) is 2.82. The van der Waals surface area contributed by atoms with Gasteiger partial charge in [0.05, 0.1) is 13.2 Å². The van der Waals surface area contributed by atoms with E-state index in [-0.39, 0.29) is 16.9 Å². The molecule has 6 heteroatoms. The molecule has 0 bridgehead atoms. The summed E-state index contributed by atoms with van der Waals surface area (Å²) in [7, 11) is 1.43. The normalized spacial score (nSPS) is 14.3. The maximum Gasteiger partial charge on any atom is 0.347 e. The van der Waals surface area contributed by atoms with Crippen molar-refractivity contribution in [3.8, 4) is 11.5 Å². The van der Waals surface area contributed by atoms with Crippen molar-refractivity contribution in [2.24, 2.45) is 0 Å². The molecule has 0 spiro atoms. The number of hydrogen-bond acceptors (Lipinski definition) is 6. The second kappa shape index (κ2) is 4.91. The summed E-state index contributed by atoms with van der Waals surface area (Å²) in [6.07, 6.45) is -2.40. The van der Waals surface area contributed by atoms with Crippen LogP contribution in [0, 0.1) is 0 Å². The number of benzene rings is 1. The van der Waals surface area contributed by atoms with Crippen LogP contribution in [0.15, 0.2) is 27.4 Å². The minimum absolute atomic E-state index is 0.00217. The Morgan fingerprint density at radius 1 is 1.26 bits per heavy atom. The lowest BCUT2D eigenvalue weighted by molar-refractivity contribution is 0.0153. The lowest BCUT2D eigenvalue weighted by Crippen LogP contribution is -2.16. The van der Waals surface area contributed by atoms with Gasteiger partial charge in [0.25, 0.3) is 0 Å². The summed E-state index contributed by atoms with van der Waals surface area (Å²) >= 11 is 0. The number of phenols is 1. The number of methoxy groups -OCH3 is 1. The van der Waals surface area contributed by atoms with Gasteiger partial charge >= 0.3 is 5.63 Å². The summed E-state index contributed by atoms with van der Waals surface area (Å²) in [5.41, 5.74) is -0.785. The second-order valence-electron chi connectivity index (χ2n) is 4.23. The summed E-state index contributed by atoms with van der Waals surface area (Å²) in [6, 6.07) is 4.21. The second-order valence-corrected chi connectivity index (χ2v) is 4.23. The summed E-state index contributed by atoms with van der Waals surface area (Å²) in [4.78, 5) is 11.8. The Balaban J connectivity index is 2.71. The van der Waals surface area contributed by atoms with Gasteiger partial charge in [-0.25, -0.2) is 4.79 Å². The molecule has 1 aromatic carbocycles. The standard InChI is InChI=1S/C13H14O6/c1-6(14)12(16)10-4-7-3-8(18-2)5-9(15)11(7)13(17)19-10/h3-6,12,14-16H,1-2H3/t6-,12-/m0/s1. The molecule has 19 heavy (non-hydrogen) atoms. The van der Waals surface area contributed by atoms with E-state index in [1.165, 1.54) is 32.2 Å². The predicted octanol–water partition coefficient (Wildman–Crippen LogP) is 0.921. The molecule has 0 fully saturated rings. The van der Waals surface area contributed by atoms with Crippen molar-refractivity contribution in [1.29, 1.82) is 0 Å². The predicted molar refractivity (Wildman–Crippen MR) is 67.3 cm³/mol. The lowest BCUT2D eigenvalue weighted by atomic mass is 10.1. The van der Waals surface area contributed by atoms with Crippen LogP contribution in [-0.4, -0.2) is 28.5 Å². The molecule has 0 amide bonds. The molecule has 0 aliphatic rings. The van der Waals surface area contributed by atoms with E-state index < -0.39 is 17.8 Å². The van der Waals surface area contributed by atoms with Crippen molar-refractivity contribution >= 4 is 10.8 Å². The van der Waals surface area contributed by atoms with Gasteiger partial charge in [0.1, 0.15) is 28.7 Å². The van der Waals surface area contributed by atoms with Gasteiger partial charge < -0.3 is 24.5 Å². The quantitative estimate of drug-likeness (QED) is 0.764. The monoisotopic (exact) mass is 266 g/mol. The van der Waals surface area contributed by atoms with E-state index in [0.717, 1.165) is 0 Å². The Labute approximate surface area is 108 Å². The maximum absolute atomic E-state index is 11.8. The summed E-state index contributed by atoms with van der Waals surface area (Å²) in [5.74, 6) is 0.0365. The molecule has 0 saturated carbocycles. The fraction of sp³-hybridized carbons (Fsp3) is 0.308. The number of hydrogen-bond donors (Lipinski definition) is 3. The molecule has 1 aromatic heterocycles. The number of aromatic hydroxyl groups is 1. The smallest absolute Gasteiger partial charge is 0.347 e.